The van der Waals surface area contributed by atoms with E-state index in [0.29, 0.717) is 33.5 Å². The lowest BCUT2D eigenvalue weighted by Crippen LogP contribution is -2.52. The summed E-state index contributed by atoms with van der Waals surface area (Å²) in [6, 6.07) is 12.2. The SMILES string of the molecule is CC(C(=O)NC(C)(C)C)N(Cc1c(Cl)cccc1Cl)C(=O)CCCSc1ccc(Cl)cc1. The van der Waals surface area contributed by atoms with Crippen LogP contribution in [0.2, 0.25) is 15.1 Å². The van der Waals surface area contributed by atoms with Crippen molar-refractivity contribution in [3.8, 4) is 0 Å². The van der Waals surface area contributed by atoms with Crippen molar-refractivity contribution < 1.29 is 9.59 Å². The van der Waals surface area contributed by atoms with Gasteiger partial charge in [0.25, 0.3) is 0 Å². The first-order valence-corrected chi connectivity index (χ1v) is 12.5. The lowest BCUT2D eigenvalue weighted by Gasteiger charge is -2.32. The first-order chi connectivity index (χ1) is 15.0. The zero-order valence-electron chi connectivity index (χ0n) is 18.8. The van der Waals surface area contributed by atoms with Gasteiger partial charge in [0.2, 0.25) is 11.8 Å². The largest absolute Gasteiger partial charge is 0.350 e. The molecule has 0 spiro atoms. The number of carbonyl (C=O) groups is 2. The van der Waals surface area contributed by atoms with E-state index in [0.717, 1.165) is 10.6 Å². The van der Waals surface area contributed by atoms with Gasteiger partial charge in [-0.25, -0.2) is 0 Å². The number of carbonyl (C=O) groups excluding carboxylic acids is 2. The Hall–Kier alpha value is -1.40. The molecule has 0 radical (unpaired) electrons. The van der Waals surface area contributed by atoms with Crippen LogP contribution in [0.5, 0.6) is 0 Å². The molecule has 0 fully saturated rings. The van der Waals surface area contributed by atoms with Gasteiger partial charge in [0, 0.05) is 44.0 Å². The Balaban J connectivity index is 2.09. The first kappa shape index (κ1) is 26.8. The van der Waals surface area contributed by atoms with Crippen molar-refractivity contribution in [2.75, 3.05) is 5.75 Å². The number of amides is 2. The van der Waals surface area contributed by atoms with Crippen molar-refractivity contribution in [2.45, 2.75) is 63.6 Å². The molecule has 0 saturated carbocycles. The standard InChI is InChI=1S/C24H29Cl3N2O2S/c1-16(23(31)28-24(2,3)4)29(15-19-20(26)7-5-8-21(19)27)22(30)9-6-14-32-18-12-10-17(25)11-13-18/h5,7-8,10-13,16H,6,9,14-15H2,1-4H3,(H,28,31). The van der Waals surface area contributed by atoms with E-state index in [-0.39, 0.29) is 18.4 Å². The third kappa shape index (κ3) is 8.51. The average molecular weight is 516 g/mol. The van der Waals surface area contributed by atoms with Crippen molar-refractivity contribution >= 4 is 58.4 Å². The van der Waals surface area contributed by atoms with Crippen LogP contribution in [0.1, 0.15) is 46.1 Å². The maximum absolute atomic E-state index is 13.2. The van der Waals surface area contributed by atoms with E-state index in [9.17, 15) is 9.59 Å². The van der Waals surface area contributed by atoms with E-state index in [1.54, 1.807) is 41.8 Å². The summed E-state index contributed by atoms with van der Waals surface area (Å²) in [5.74, 6) is 0.440. The fourth-order valence-corrected chi connectivity index (χ4v) is 4.49. The molecule has 1 atom stereocenters. The molecule has 4 nitrogen and oxygen atoms in total. The van der Waals surface area contributed by atoms with Crippen molar-refractivity contribution in [3.63, 3.8) is 0 Å². The first-order valence-electron chi connectivity index (χ1n) is 10.4. The van der Waals surface area contributed by atoms with Gasteiger partial charge in [0.05, 0.1) is 0 Å². The van der Waals surface area contributed by atoms with Gasteiger partial charge in [-0.1, -0.05) is 40.9 Å². The monoisotopic (exact) mass is 514 g/mol. The number of nitrogens with zero attached hydrogens (tertiary/aromatic N) is 1. The maximum Gasteiger partial charge on any atom is 0.242 e. The van der Waals surface area contributed by atoms with Gasteiger partial charge in [0.1, 0.15) is 6.04 Å². The highest BCUT2D eigenvalue weighted by Crippen LogP contribution is 2.27. The number of rotatable bonds is 9. The minimum atomic E-state index is -0.669. The molecule has 2 aromatic rings. The second-order valence-corrected chi connectivity index (χ2v) is 11.0. The zero-order chi connectivity index (χ0) is 23.9. The molecule has 1 unspecified atom stereocenters. The molecule has 1 N–H and O–H groups in total. The Labute approximate surface area is 210 Å². The number of halogens is 3. The lowest BCUT2D eigenvalue weighted by molar-refractivity contribution is -0.141. The van der Waals surface area contributed by atoms with Gasteiger partial charge < -0.3 is 10.2 Å². The van der Waals surface area contributed by atoms with Crippen LogP contribution in [0.25, 0.3) is 0 Å². The van der Waals surface area contributed by atoms with E-state index in [4.69, 9.17) is 34.8 Å². The minimum absolute atomic E-state index is 0.116. The number of nitrogens with one attached hydrogen (secondary N) is 1. The Bertz CT molecular complexity index is 910. The van der Waals surface area contributed by atoms with Gasteiger partial charge >= 0.3 is 0 Å². The van der Waals surface area contributed by atoms with Gasteiger partial charge in [-0.3, -0.25) is 9.59 Å². The van der Waals surface area contributed by atoms with Gasteiger partial charge in [-0.15, -0.1) is 11.8 Å². The zero-order valence-corrected chi connectivity index (χ0v) is 21.8. The van der Waals surface area contributed by atoms with Crippen molar-refractivity contribution in [2.24, 2.45) is 0 Å². The molecular weight excluding hydrogens is 487 g/mol. The second kappa shape index (κ2) is 12.2. The molecular formula is C24H29Cl3N2O2S. The number of benzene rings is 2. The molecule has 0 saturated heterocycles. The summed E-state index contributed by atoms with van der Waals surface area (Å²) < 4.78 is 0. The van der Waals surface area contributed by atoms with Crippen LogP contribution in [-0.2, 0) is 16.1 Å². The van der Waals surface area contributed by atoms with Gasteiger partial charge in [-0.05, 0) is 76.3 Å². The molecule has 2 aromatic carbocycles. The Morgan fingerprint density at radius 1 is 1.03 bits per heavy atom. The van der Waals surface area contributed by atoms with Crippen molar-refractivity contribution in [1.82, 2.24) is 10.2 Å². The van der Waals surface area contributed by atoms with Crippen molar-refractivity contribution in [3.05, 3.63) is 63.1 Å². The molecule has 32 heavy (non-hydrogen) atoms. The van der Waals surface area contributed by atoms with Crippen LogP contribution in [0, 0.1) is 0 Å². The van der Waals surface area contributed by atoms with Crippen LogP contribution in [0.3, 0.4) is 0 Å². The van der Waals surface area contributed by atoms with E-state index in [1.807, 2.05) is 45.0 Å². The third-order valence-corrected chi connectivity index (χ3v) is 6.73. The fourth-order valence-electron chi connectivity index (χ4n) is 3.00. The molecule has 2 amide bonds. The second-order valence-electron chi connectivity index (χ2n) is 8.54. The molecule has 0 aliphatic carbocycles. The summed E-state index contributed by atoms with van der Waals surface area (Å²) in [6.07, 6.45) is 0.988. The predicted molar refractivity (Wildman–Crippen MR) is 136 cm³/mol. The normalized spacial score (nSPS) is 12.3. The quantitative estimate of drug-likeness (QED) is 0.293. The minimum Gasteiger partial charge on any atom is -0.350 e. The number of hydrogen-bond acceptors (Lipinski definition) is 3. The van der Waals surface area contributed by atoms with Crippen LogP contribution in [0.15, 0.2) is 47.4 Å². The van der Waals surface area contributed by atoms with Gasteiger partial charge in [0.15, 0.2) is 0 Å². The Morgan fingerprint density at radius 3 is 2.19 bits per heavy atom. The average Bonchev–Trinajstić information content (AvgIpc) is 2.70. The Kier molecular flexibility index (Phi) is 10.2. The highest BCUT2D eigenvalue weighted by atomic mass is 35.5. The molecule has 0 heterocycles. The molecule has 0 aromatic heterocycles. The van der Waals surface area contributed by atoms with E-state index in [2.05, 4.69) is 5.32 Å². The molecule has 0 bridgehead atoms. The Morgan fingerprint density at radius 2 is 1.62 bits per heavy atom. The number of thioether (sulfide) groups is 1. The molecule has 174 valence electrons. The summed E-state index contributed by atoms with van der Waals surface area (Å²) >= 11 is 20.3. The lowest BCUT2D eigenvalue weighted by atomic mass is 10.1. The number of hydrogen-bond donors (Lipinski definition) is 1. The maximum atomic E-state index is 13.2. The van der Waals surface area contributed by atoms with E-state index < -0.39 is 11.6 Å². The summed E-state index contributed by atoms with van der Waals surface area (Å²) in [5.41, 5.74) is 0.229. The summed E-state index contributed by atoms with van der Waals surface area (Å²) in [5, 5.41) is 4.58. The predicted octanol–water partition coefficient (Wildman–Crippen LogP) is 6.85. The highest BCUT2D eigenvalue weighted by Gasteiger charge is 2.29. The van der Waals surface area contributed by atoms with Crippen molar-refractivity contribution in [1.29, 1.82) is 0 Å². The van der Waals surface area contributed by atoms with Gasteiger partial charge in [-0.2, -0.15) is 0 Å². The summed E-state index contributed by atoms with van der Waals surface area (Å²) in [4.78, 5) is 28.6. The topological polar surface area (TPSA) is 49.4 Å². The molecule has 0 aliphatic heterocycles. The smallest absolute Gasteiger partial charge is 0.242 e. The van der Waals surface area contributed by atoms with E-state index >= 15 is 0 Å². The van der Waals surface area contributed by atoms with Crippen LogP contribution in [0.4, 0.5) is 0 Å². The molecule has 0 aliphatic rings. The van der Waals surface area contributed by atoms with Crippen LogP contribution >= 0.6 is 46.6 Å². The van der Waals surface area contributed by atoms with Crippen LogP contribution < -0.4 is 5.32 Å². The molecule has 8 heteroatoms. The highest BCUT2D eigenvalue weighted by molar-refractivity contribution is 7.99. The summed E-state index contributed by atoms with van der Waals surface area (Å²) in [7, 11) is 0. The molecule has 2 rings (SSSR count). The van der Waals surface area contributed by atoms with Crippen LogP contribution in [-0.4, -0.2) is 34.0 Å². The third-order valence-electron chi connectivity index (χ3n) is 4.67. The summed E-state index contributed by atoms with van der Waals surface area (Å²) in [6.45, 7) is 7.61. The fraction of sp³-hybridized carbons (Fsp3) is 0.417. The van der Waals surface area contributed by atoms with E-state index in [1.165, 1.54) is 0 Å².